The lowest BCUT2D eigenvalue weighted by Crippen LogP contribution is -2.11. The molecule has 160 valence electrons. The zero-order valence-electron chi connectivity index (χ0n) is 17.3. The average molecular weight is 447 g/mol. The van der Waals surface area contributed by atoms with Gasteiger partial charge in [-0.25, -0.2) is 0 Å². The fourth-order valence-electron chi connectivity index (χ4n) is 3.17. The maximum Gasteiger partial charge on any atom is 0.225 e. The van der Waals surface area contributed by atoms with E-state index in [1.54, 1.807) is 0 Å². The minimum Gasteiger partial charge on any atom is -0.368 e. The molecule has 0 bridgehead atoms. The molecule has 0 fully saturated rings. The Morgan fingerprint density at radius 3 is 2.40 bits per heavy atom. The van der Waals surface area contributed by atoms with Gasteiger partial charge >= 0.3 is 0 Å². The summed E-state index contributed by atoms with van der Waals surface area (Å²) in [5.41, 5.74) is 12.3. The molecule has 30 heavy (non-hydrogen) atoms. The molecule has 3 rings (SSSR count). The van der Waals surface area contributed by atoms with Gasteiger partial charge < -0.3 is 16.0 Å². The number of benzene rings is 1. The fourth-order valence-corrected chi connectivity index (χ4v) is 4.10. The standard InChI is InChI=1S/C20H27ClN8S/c1-3-4-5-6-13(2)11-29-17(14-7-9-15(21)10-8-14)27-28-20(29)30-12-16-24-18(22)26-19(23)25-16/h7-10,13H,3-6,11-12H2,1-2H3,(H4,22,23,24,25,26)/t13-/m1/s1. The number of aromatic nitrogens is 6. The van der Waals surface area contributed by atoms with Gasteiger partial charge in [0.05, 0.1) is 5.75 Å². The highest BCUT2D eigenvalue weighted by Crippen LogP contribution is 2.28. The van der Waals surface area contributed by atoms with Gasteiger partial charge in [0.2, 0.25) is 11.9 Å². The van der Waals surface area contributed by atoms with Gasteiger partial charge in [0.1, 0.15) is 5.82 Å². The highest BCUT2D eigenvalue weighted by atomic mass is 35.5. The molecule has 10 heteroatoms. The van der Waals surface area contributed by atoms with Crippen LogP contribution in [0.5, 0.6) is 0 Å². The summed E-state index contributed by atoms with van der Waals surface area (Å²) in [6.07, 6.45) is 4.85. The zero-order valence-corrected chi connectivity index (χ0v) is 18.8. The first-order chi connectivity index (χ1) is 14.5. The Hall–Kier alpha value is -2.39. The molecular weight excluding hydrogens is 420 g/mol. The molecule has 3 aromatic rings. The van der Waals surface area contributed by atoms with Crippen molar-refractivity contribution >= 4 is 35.3 Å². The van der Waals surface area contributed by atoms with Crippen molar-refractivity contribution < 1.29 is 0 Å². The van der Waals surface area contributed by atoms with Crippen LogP contribution in [0.4, 0.5) is 11.9 Å². The maximum atomic E-state index is 6.06. The number of rotatable bonds is 10. The second-order valence-corrected chi connectivity index (χ2v) is 8.66. The Labute approximate surface area is 185 Å². The topological polar surface area (TPSA) is 121 Å². The minimum atomic E-state index is 0.117. The van der Waals surface area contributed by atoms with Crippen molar-refractivity contribution in [3.8, 4) is 11.4 Å². The van der Waals surface area contributed by atoms with E-state index in [-0.39, 0.29) is 11.9 Å². The summed E-state index contributed by atoms with van der Waals surface area (Å²) < 4.78 is 2.17. The number of thioether (sulfide) groups is 1. The Bertz CT molecular complexity index is 940. The van der Waals surface area contributed by atoms with E-state index < -0.39 is 0 Å². The van der Waals surface area contributed by atoms with Crippen LogP contribution in [-0.2, 0) is 12.3 Å². The molecule has 8 nitrogen and oxygen atoms in total. The SMILES string of the molecule is CCCCC[C@@H](C)Cn1c(SCc2nc(N)nc(N)n2)nnc1-c1ccc(Cl)cc1. The van der Waals surface area contributed by atoms with E-state index >= 15 is 0 Å². The predicted octanol–water partition coefficient (Wildman–Crippen LogP) is 4.46. The second-order valence-electron chi connectivity index (χ2n) is 7.28. The Morgan fingerprint density at radius 2 is 1.73 bits per heavy atom. The molecule has 2 aromatic heterocycles. The van der Waals surface area contributed by atoms with E-state index in [0.29, 0.717) is 22.5 Å². The number of hydrogen-bond donors (Lipinski definition) is 2. The zero-order chi connectivity index (χ0) is 21.5. The van der Waals surface area contributed by atoms with E-state index in [2.05, 4.69) is 43.6 Å². The Kier molecular flexibility index (Phi) is 7.87. The molecule has 2 heterocycles. The molecule has 0 saturated heterocycles. The van der Waals surface area contributed by atoms with Crippen LogP contribution in [0.3, 0.4) is 0 Å². The van der Waals surface area contributed by atoms with Crippen LogP contribution in [-0.4, -0.2) is 29.7 Å². The van der Waals surface area contributed by atoms with Crippen molar-refractivity contribution in [2.45, 2.75) is 57.0 Å². The highest BCUT2D eigenvalue weighted by molar-refractivity contribution is 7.98. The molecule has 0 radical (unpaired) electrons. The Morgan fingerprint density at radius 1 is 1.03 bits per heavy atom. The highest BCUT2D eigenvalue weighted by Gasteiger charge is 2.17. The van der Waals surface area contributed by atoms with Crippen LogP contribution >= 0.6 is 23.4 Å². The summed E-state index contributed by atoms with van der Waals surface area (Å²) in [6.45, 7) is 5.32. The van der Waals surface area contributed by atoms with Crippen LogP contribution in [0.15, 0.2) is 29.4 Å². The number of nitrogens with zero attached hydrogens (tertiary/aromatic N) is 6. The van der Waals surface area contributed by atoms with Crippen molar-refractivity contribution in [1.82, 2.24) is 29.7 Å². The molecule has 4 N–H and O–H groups in total. The van der Waals surface area contributed by atoms with Gasteiger partial charge in [-0.2, -0.15) is 15.0 Å². The van der Waals surface area contributed by atoms with Crippen molar-refractivity contribution in [3.63, 3.8) is 0 Å². The number of nitrogens with two attached hydrogens (primary N) is 2. The number of hydrogen-bond acceptors (Lipinski definition) is 8. The van der Waals surface area contributed by atoms with E-state index in [0.717, 1.165) is 29.5 Å². The summed E-state index contributed by atoms with van der Waals surface area (Å²) in [5.74, 6) is 2.55. The van der Waals surface area contributed by atoms with Crippen LogP contribution in [0, 0.1) is 5.92 Å². The molecule has 0 aliphatic heterocycles. The van der Waals surface area contributed by atoms with Crippen molar-refractivity contribution in [2.75, 3.05) is 11.5 Å². The van der Waals surface area contributed by atoms with Gasteiger partial charge in [0, 0.05) is 17.1 Å². The van der Waals surface area contributed by atoms with E-state index in [1.165, 1.54) is 31.0 Å². The van der Waals surface area contributed by atoms with E-state index in [4.69, 9.17) is 23.1 Å². The maximum absolute atomic E-state index is 6.06. The first kappa shape index (κ1) is 22.3. The normalized spacial score (nSPS) is 12.2. The molecule has 0 saturated carbocycles. The monoisotopic (exact) mass is 446 g/mol. The number of nitrogen functional groups attached to an aromatic ring is 2. The quantitative estimate of drug-likeness (QED) is 0.345. The van der Waals surface area contributed by atoms with E-state index in [9.17, 15) is 0 Å². The van der Waals surface area contributed by atoms with Gasteiger partial charge in [-0.15, -0.1) is 10.2 Å². The molecule has 0 aliphatic rings. The largest absolute Gasteiger partial charge is 0.368 e. The third kappa shape index (κ3) is 6.06. The average Bonchev–Trinajstić information content (AvgIpc) is 3.09. The molecule has 0 aliphatic carbocycles. The molecule has 0 spiro atoms. The third-order valence-corrected chi connectivity index (χ3v) is 5.88. The smallest absolute Gasteiger partial charge is 0.225 e. The van der Waals surface area contributed by atoms with Gasteiger partial charge in [-0.1, -0.05) is 56.5 Å². The molecule has 0 unspecified atom stereocenters. The van der Waals surface area contributed by atoms with Crippen LogP contribution < -0.4 is 11.5 Å². The van der Waals surface area contributed by atoms with Gasteiger partial charge in [-0.05, 0) is 36.6 Å². The second kappa shape index (κ2) is 10.6. The molecule has 1 atom stereocenters. The first-order valence-corrected chi connectivity index (χ1v) is 11.4. The molecule has 1 aromatic carbocycles. The lowest BCUT2D eigenvalue weighted by atomic mass is 10.0. The first-order valence-electron chi connectivity index (χ1n) is 10.0. The molecular formula is C20H27ClN8S. The number of anilines is 2. The van der Waals surface area contributed by atoms with Crippen LogP contribution in [0.1, 0.15) is 45.4 Å². The van der Waals surface area contributed by atoms with Gasteiger partial charge in [0.25, 0.3) is 0 Å². The van der Waals surface area contributed by atoms with Crippen molar-refractivity contribution in [2.24, 2.45) is 5.92 Å². The van der Waals surface area contributed by atoms with Crippen molar-refractivity contribution in [3.05, 3.63) is 35.1 Å². The third-order valence-electron chi connectivity index (χ3n) is 4.66. The predicted molar refractivity (Wildman–Crippen MR) is 122 cm³/mol. The lowest BCUT2D eigenvalue weighted by Gasteiger charge is -2.16. The summed E-state index contributed by atoms with van der Waals surface area (Å²) in [7, 11) is 0. The van der Waals surface area contributed by atoms with Crippen molar-refractivity contribution in [1.29, 1.82) is 0 Å². The summed E-state index contributed by atoms with van der Waals surface area (Å²) >= 11 is 7.56. The molecule has 0 amide bonds. The number of halogens is 1. The summed E-state index contributed by atoms with van der Waals surface area (Å²) in [6, 6.07) is 7.66. The summed E-state index contributed by atoms with van der Waals surface area (Å²) in [4.78, 5) is 12.1. The Balaban J connectivity index is 1.83. The minimum absolute atomic E-state index is 0.117. The fraction of sp³-hybridized carbons (Fsp3) is 0.450. The van der Waals surface area contributed by atoms with Gasteiger partial charge in [0.15, 0.2) is 11.0 Å². The van der Waals surface area contributed by atoms with E-state index in [1.807, 2.05) is 24.3 Å². The summed E-state index contributed by atoms with van der Waals surface area (Å²) in [5, 5.41) is 10.4. The number of unbranched alkanes of at least 4 members (excludes halogenated alkanes) is 2. The van der Waals surface area contributed by atoms with Crippen LogP contribution in [0.25, 0.3) is 11.4 Å². The lowest BCUT2D eigenvalue weighted by molar-refractivity contribution is 0.417. The van der Waals surface area contributed by atoms with Gasteiger partial charge in [-0.3, -0.25) is 0 Å². The van der Waals surface area contributed by atoms with Crippen LogP contribution in [0.2, 0.25) is 5.02 Å².